The minimum atomic E-state index is 0.0556. The van der Waals surface area contributed by atoms with Crippen LogP contribution in [0.25, 0.3) is 0 Å². The number of aromatic nitrogens is 2. The average molecular weight is 217 g/mol. The molecule has 0 fully saturated rings. The third kappa shape index (κ3) is 2.08. The first-order valence-corrected chi connectivity index (χ1v) is 5.13. The minimum Gasteiger partial charge on any atom is -0.271 e. The van der Waals surface area contributed by atoms with Crippen molar-refractivity contribution in [2.24, 2.45) is 18.8 Å². The van der Waals surface area contributed by atoms with Gasteiger partial charge in [0.15, 0.2) is 0 Å². The highest BCUT2D eigenvalue weighted by molar-refractivity contribution is 6.31. The lowest BCUT2D eigenvalue weighted by Gasteiger charge is -2.22. The molecule has 0 radical (unpaired) electrons. The molecule has 80 valence electrons. The summed E-state index contributed by atoms with van der Waals surface area (Å²) in [6.45, 7) is 4.26. The standard InChI is InChI=1S/C9H17ClN4/c1-4-6(2)8(13-11)9-7(10)5-12-14(9)3/h5-6,8,13H,4,11H2,1-3H3. The Morgan fingerprint density at radius 1 is 1.71 bits per heavy atom. The summed E-state index contributed by atoms with van der Waals surface area (Å²) >= 11 is 6.04. The molecule has 1 aromatic heterocycles. The van der Waals surface area contributed by atoms with Crippen LogP contribution in [0.1, 0.15) is 32.0 Å². The zero-order valence-electron chi connectivity index (χ0n) is 8.79. The largest absolute Gasteiger partial charge is 0.271 e. The molecule has 5 heteroatoms. The molecule has 3 N–H and O–H groups in total. The van der Waals surface area contributed by atoms with E-state index in [0.717, 1.165) is 12.1 Å². The molecule has 1 rings (SSSR count). The Morgan fingerprint density at radius 3 is 2.71 bits per heavy atom. The number of aryl methyl sites for hydroxylation is 1. The van der Waals surface area contributed by atoms with Crippen molar-refractivity contribution in [3.63, 3.8) is 0 Å². The second kappa shape index (κ2) is 4.77. The van der Waals surface area contributed by atoms with E-state index in [-0.39, 0.29) is 6.04 Å². The van der Waals surface area contributed by atoms with Crippen molar-refractivity contribution >= 4 is 11.6 Å². The molecule has 1 heterocycles. The maximum atomic E-state index is 6.04. The van der Waals surface area contributed by atoms with Crippen molar-refractivity contribution in [3.8, 4) is 0 Å². The Balaban J connectivity index is 2.99. The van der Waals surface area contributed by atoms with Crippen LogP contribution in [-0.4, -0.2) is 9.78 Å². The number of nitrogens with two attached hydrogens (primary N) is 1. The van der Waals surface area contributed by atoms with Crippen LogP contribution in [0, 0.1) is 5.92 Å². The second-order valence-corrected chi connectivity index (χ2v) is 3.94. The van der Waals surface area contributed by atoms with E-state index in [1.54, 1.807) is 10.9 Å². The molecule has 0 aromatic carbocycles. The summed E-state index contributed by atoms with van der Waals surface area (Å²) < 4.78 is 1.76. The van der Waals surface area contributed by atoms with Gasteiger partial charge in [-0.15, -0.1) is 0 Å². The predicted molar refractivity (Wildman–Crippen MR) is 57.7 cm³/mol. The summed E-state index contributed by atoms with van der Waals surface area (Å²) in [7, 11) is 1.87. The smallest absolute Gasteiger partial charge is 0.0834 e. The molecule has 0 aliphatic rings. The zero-order valence-corrected chi connectivity index (χ0v) is 9.54. The SMILES string of the molecule is CCC(C)C(NN)c1c(Cl)cnn1C. The fourth-order valence-corrected chi connectivity index (χ4v) is 1.80. The van der Waals surface area contributed by atoms with Crippen molar-refractivity contribution in [1.29, 1.82) is 0 Å². The molecule has 0 amide bonds. The van der Waals surface area contributed by atoms with Crippen LogP contribution in [0.3, 0.4) is 0 Å². The van der Waals surface area contributed by atoms with Crippen LogP contribution >= 0.6 is 11.6 Å². The Kier molecular flexibility index (Phi) is 3.92. The van der Waals surface area contributed by atoms with Crippen LogP contribution in [0.5, 0.6) is 0 Å². The summed E-state index contributed by atoms with van der Waals surface area (Å²) in [5.41, 5.74) is 3.74. The van der Waals surface area contributed by atoms with Crippen molar-refractivity contribution in [1.82, 2.24) is 15.2 Å². The third-order valence-corrected chi connectivity index (χ3v) is 2.92. The third-order valence-electron chi connectivity index (χ3n) is 2.62. The van der Waals surface area contributed by atoms with Gasteiger partial charge in [0.1, 0.15) is 0 Å². The highest BCUT2D eigenvalue weighted by Crippen LogP contribution is 2.28. The molecule has 14 heavy (non-hydrogen) atoms. The van der Waals surface area contributed by atoms with Crippen LogP contribution in [0.2, 0.25) is 5.02 Å². The first-order chi connectivity index (χ1) is 6.61. The highest BCUT2D eigenvalue weighted by Gasteiger charge is 2.22. The van der Waals surface area contributed by atoms with Gasteiger partial charge in [-0.3, -0.25) is 16.0 Å². The van der Waals surface area contributed by atoms with Gasteiger partial charge in [-0.1, -0.05) is 31.9 Å². The van der Waals surface area contributed by atoms with Gasteiger partial charge in [0.05, 0.1) is 23.0 Å². The van der Waals surface area contributed by atoms with Crippen molar-refractivity contribution in [2.75, 3.05) is 0 Å². The van der Waals surface area contributed by atoms with Gasteiger partial charge in [-0.05, 0) is 5.92 Å². The summed E-state index contributed by atoms with van der Waals surface area (Å²) in [5.74, 6) is 5.95. The van der Waals surface area contributed by atoms with Crippen molar-refractivity contribution < 1.29 is 0 Å². The van der Waals surface area contributed by atoms with Crippen LogP contribution in [0.15, 0.2) is 6.20 Å². The Morgan fingerprint density at radius 2 is 2.36 bits per heavy atom. The number of nitrogens with zero attached hydrogens (tertiary/aromatic N) is 2. The maximum Gasteiger partial charge on any atom is 0.0834 e. The summed E-state index contributed by atoms with van der Waals surface area (Å²) in [5, 5.41) is 4.75. The van der Waals surface area contributed by atoms with Gasteiger partial charge in [-0.2, -0.15) is 5.10 Å². The van der Waals surface area contributed by atoms with E-state index >= 15 is 0 Å². The van der Waals surface area contributed by atoms with E-state index in [2.05, 4.69) is 24.4 Å². The first-order valence-electron chi connectivity index (χ1n) is 4.75. The fraction of sp³-hybridized carbons (Fsp3) is 0.667. The normalized spacial score (nSPS) is 15.5. The van der Waals surface area contributed by atoms with E-state index in [9.17, 15) is 0 Å². The topological polar surface area (TPSA) is 55.9 Å². The molecule has 0 spiro atoms. The van der Waals surface area contributed by atoms with Crippen LogP contribution in [-0.2, 0) is 7.05 Å². The molecular formula is C9H17ClN4. The number of hydrazine groups is 1. The monoisotopic (exact) mass is 216 g/mol. The van der Waals surface area contributed by atoms with E-state index < -0.39 is 0 Å². The maximum absolute atomic E-state index is 6.04. The summed E-state index contributed by atoms with van der Waals surface area (Å²) in [6, 6.07) is 0.0556. The molecule has 0 aliphatic carbocycles. The average Bonchev–Trinajstić information content (AvgIpc) is 2.50. The fourth-order valence-electron chi connectivity index (χ4n) is 1.52. The quantitative estimate of drug-likeness (QED) is 0.594. The molecular weight excluding hydrogens is 200 g/mol. The molecule has 0 saturated heterocycles. The Hall–Kier alpha value is -0.580. The molecule has 2 atom stereocenters. The van der Waals surface area contributed by atoms with Crippen LogP contribution in [0.4, 0.5) is 0 Å². The van der Waals surface area contributed by atoms with E-state index in [1.165, 1.54) is 0 Å². The van der Waals surface area contributed by atoms with Crippen molar-refractivity contribution in [3.05, 3.63) is 16.9 Å². The van der Waals surface area contributed by atoms with Gasteiger partial charge < -0.3 is 0 Å². The Labute approximate surface area is 89.4 Å². The number of halogens is 1. The molecule has 0 aliphatic heterocycles. The van der Waals surface area contributed by atoms with Gasteiger partial charge in [0, 0.05) is 7.05 Å². The predicted octanol–water partition coefficient (Wildman–Crippen LogP) is 1.62. The first kappa shape index (κ1) is 11.5. The number of nitrogens with one attached hydrogen (secondary N) is 1. The molecule has 0 bridgehead atoms. The number of rotatable bonds is 4. The van der Waals surface area contributed by atoms with E-state index in [1.807, 2.05) is 7.05 Å². The number of hydrogen-bond donors (Lipinski definition) is 2. The van der Waals surface area contributed by atoms with Gasteiger partial charge in [0.25, 0.3) is 0 Å². The summed E-state index contributed by atoms with van der Waals surface area (Å²) in [4.78, 5) is 0. The van der Waals surface area contributed by atoms with E-state index in [0.29, 0.717) is 10.9 Å². The minimum absolute atomic E-state index is 0.0556. The van der Waals surface area contributed by atoms with Crippen molar-refractivity contribution in [2.45, 2.75) is 26.3 Å². The lowest BCUT2D eigenvalue weighted by atomic mass is 9.97. The molecule has 4 nitrogen and oxygen atoms in total. The van der Waals surface area contributed by atoms with Gasteiger partial charge in [0.2, 0.25) is 0 Å². The lowest BCUT2D eigenvalue weighted by molar-refractivity contribution is 0.364. The Bertz CT molecular complexity index is 278. The van der Waals surface area contributed by atoms with Crippen LogP contribution < -0.4 is 11.3 Å². The lowest BCUT2D eigenvalue weighted by Crippen LogP contribution is -2.34. The molecule has 2 unspecified atom stereocenters. The molecule has 1 aromatic rings. The zero-order chi connectivity index (χ0) is 10.7. The van der Waals surface area contributed by atoms with E-state index in [4.69, 9.17) is 17.4 Å². The molecule has 0 saturated carbocycles. The van der Waals surface area contributed by atoms with Gasteiger partial charge in [-0.25, -0.2) is 0 Å². The highest BCUT2D eigenvalue weighted by atomic mass is 35.5. The number of hydrogen-bond acceptors (Lipinski definition) is 3. The van der Waals surface area contributed by atoms with Gasteiger partial charge >= 0.3 is 0 Å². The summed E-state index contributed by atoms with van der Waals surface area (Å²) in [6.07, 6.45) is 2.68. The second-order valence-electron chi connectivity index (χ2n) is 3.53.